The first-order chi connectivity index (χ1) is 29.7. The number of ether oxygens (including phenoxy) is 2. The summed E-state index contributed by atoms with van der Waals surface area (Å²) in [7, 11) is -4.61. The third-order valence-corrected chi connectivity index (χ3v) is 12.7. The lowest BCUT2D eigenvalue weighted by atomic mass is 10.0. The molecule has 0 aromatic carbocycles. The Hall–Kier alpha value is -1.03. The second kappa shape index (κ2) is 46.9. The molecule has 0 aromatic rings. The summed E-state index contributed by atoms with van der Waals surface area (Å²) in [5.74, 6) is -0.902. The zero-order valence-electron chi connectivity index (χ0n) is 39.9. The van der Waals surface area contributed by atoms with Crippen LogP contribution in [-0.2, 0) is 32.7 Å². The van der Waals surface area contributed by atoms with Crippen molar-refractivity contribution in [3.63, 3.8) is 0 Å². The van der Waals surface area contributed by atoms with Crippen LogP contribution in [0.3, 0.4) is 0 Å². The van der Waals surface area contributed by atoms with Crippen molar-refractivity contribution < 1.29 is 47.8 Å². The highest BCUT2D eigenvalue weighted by Crippen LogP contribution is 2.43. The molecule has 3 atom stereocenters. The molecule has 0 aliphatic rings. The largest absolute Gasteiger partial charge is 0.472 e. The predicted molar refractivity (Wildman–Crippen MR) is 252 cm³/mol. The monoisotopic (exact) mass is 891 g/mol. The van der Waals surface area contributed by atoms with Gasteiger partial charge in [-0.2, -0.15) is 0 Å². The summed E-state index contributed by atoms with van der Waals surface area (Å²) in [5, 5.41) is 18.4. The number of esters is 2. The molecule has 10 nitrogen and oxygen atoms in total. The van der Waals surface area contributed by atoms with E-state index in [1.807, 2.05) is 0 Å². The number of aliphatic hydroxyl groups excluding tert-OH is 2. The van der Waals surface area contributed by atoms with Crippen molar-refractivity contribution in [1.29, 1.82) is 0 Å². The van der Waals surface area contributed by atoms with Gasteiger partial charge in [0.05, 0.1) is 19.8 Å². The molecular formula is C50H99O10P. The van der Waals surface area contributed by atoms with Gasteiger partial charge < -0.3 is 24.6 Å². The van der Waals surface area contributed by atoms with E-state index < -0.39 is 51.8 Å². The van der Waals surface area contributed by atoms with Crippen molar-refractivity contribution in [1.82, 2.24) is 0 Å². The molecule has 61 heavy (non-hydrogen) atoms. The SMILES string of the molecule is CCCCCCCCCCCCCCCCCCCCCCC(=O)OC[C@H](COP(=O)(O)OC[C@@H](O)CO)OC(=O)CCCCCCCCCCCCCCCCCCCC. The number of rotatable bonds is 50. The minimum atomic E-state index is -4.61. The van der Waals surface area contributed by atoms with E-state index in [9.17, 15) is 24.2 Å². The fourth-order valence-corrected chi connectivity index (χ4v) is 8.55. The van der Waals surface area contributed by atoms with Gasteiger partial charge in [-0.15, -0.1) is 0 Å². The molecule has 0 aromatic heterocycles. The predicted octanol–water partition coefficient (Wildman–Crippen LogP) is 14.6. The van der Waals surface area contributed by atoms with E-state index in [0.717, 1.165) is 32.1 Å². The smallest absolute Gasteiger partial charge is 0.462 e. The van der Waals surface area contributed by atoms with Crippen LogP contribution in [0.1, 0.15) is 271 Å². The molecule has 1 unspecified atom stereocenters. The van der Waals surface area contributed by atoms with Crippen LogP contribution in [0, 0.1) is 0 Å². The molecule has 0 aliphatic carbocycles. The maximum absolute atomic E-state index is 12.7. The first-order valence-electron chi connectivity index (χ1n) is 26.0. The average Bonchev–Trinajstić information content (AvgIpc) is 3.25. The van der Waals surface area contributed by atoms with E-state index in [-0.39, 0.29) is 19.4 Å². The number of aliphatic hydroxyl groups is 2. The topological polar surface area (TPSA) is 149 Å². The molecule has 0 spiro atoms. The standard InChI is InChI=1S/C50H99O10P/c1-3-5-7-9-11-13-15-17-19-21-23-24-26-27-29-31-33-35-37-39-41-49(53)57-45-48(46-59-61(55,56)58-44-47(52)43-51)60-50(54)42-40-38-36-34-32-30-28-25-22-20-18-16-14-12-10-8-6-4-2/h47-48,51-52H,3-46H2,1-2H3,(H,55,56)/t47-,48+/m0/s1. The van der Waals surface area contributed by atoms with Crippen molar-refractivity contribution in [2.24, 2.45) is 0 Å². The second-order valence-electron chi connectivity index (χ2n) is 17.9. The maximum Gasteiger partial charge on any atom is 0.472 e. The van der Waals surface area contributed by atoms with Crippen molar-refractivity contribution in [3.8, 4) is 0 Å². The first kappa shape index (κ1) is 60.0. The zero-order chi connectivity index (χ0) is 44.8. The number of carbonyl (C=O) groups excluding carboxylic acids is 2. The summed E-state index contributed by atoms with van der Waals surface area (Å²) < 4.78 is 32.9. The third kappa shape index (κ3) is 46.8. The Balaban J connectivity index is 4.11. The van der Waals surface area contributed by atoms with Crippen molar-refractivity contribution in [2.45, 2.75) is 283 Å². The molecule has 0 rings (SSSR count). The third-order valence-electron chi connectivity index (χ3n) is 11.8. The van der Waals surface area contributed by atoms with Gasteiger partial charge in [-0.25, -0.2) is 4.57 Å². The number of carbonyl (C=O) groups is 2. The van der Waals surface area contributed by atoms with Gasteiger partial charge in [0.1, 0.15) is 12.7 Å². The fourth-order valence-electron chi connectivity index (χ4n) is 7.76. The molecular weight excluding hydrogens is 792 g/mol. The summed E-state index contributed by atoms with van der Waals surface area (Å²) in [6.45, 7) is 2.46. The highest BCUT2D eigenvalue weighted by molar-refractivity contribution is 7.47. The summed E-state index contributed by atoms with van der Waals surface area (Å²) in [6, 6.07) is 0. The second-order valence-corrected chi connectivity index (χ2v) is 19.4. The summed E-state index contributed by atoms with van der Waals surface area (Å²) in [6.07, 6.45) is 46.4. The van der Waals surface area contributed by atoms with Crippen molar-refractivity contribution in [2.75, 3.05) is 26.4 Å². The van der Waals surface area contributed by atoms with E-state index in [2.05, 4.69) is 13.8 Å². The van der Waals surface area contributed by atoms with Crippen LogP contribution in [0.25, 0.3) is 0 Å². The van der Waals surface area contributed by atoms with Gasteiger partial charge in [-0.1, -0.05) is 245 Å². The average molecular weight is 891 g/mol. The lowest BCUT2D eigenvalue weighted by Gasteiger charge is -2.20. The molecule has 0 saturated heterocycles. The van der Waals surface area contributed by atoms with Crippen LogP contribution in [0.5, 0.6) is 0 Å². The van der Waals surface area contributed by atoms with Gasteiger partial charge in [0, 0.05) is 12.8 Å². The highest BCUT2D eigenvalue weighted by atomic mass is 31.2. The summed E-state index contributed by atoms with van der Waals surface area (Å²) in [5.41, 5.74) is 0. The molecule has 364 valence electrons. The van der Waals surface area contributed by atoms with Gasteiger partial charge in [-0.05, 0) is 12.8 Å². The van der Waals surface area contributed by atoms with Gasteiger partial charge in [0.15, 0.2) is 6.10 Å². The Morgan fingerprint density at radius 2 is 0.705 bits per heavy atom. The molecule has 0 saturated carbocycles. The van der Waals surface area contributed by atoms with Crippen LogP contribution >= 0.6 is 7.82 Å². The Bertz CT molecular complexity index is 982. The normalized spacial score (nSPS) is 13.6. The van der Waals surface area contributed by atoms with Crippen LogP contribution in [-0.4, -0.2) is 65.7 Å². The van der Waals surface area contributed by atoms with Gasteiger partial charge in [0.2, 0.25) is 0 Å². The first-order valence-corrected chi connectivity index (χ1v) is 27.5. The molecule has 0 amide bonds. The zero-order valence-corrected chi connectivity index (χ0v) is 40.8. The van der Waals surface area contributed by atoms with Gasteiger partial charge in [-0.3, -0.25) is 18.6 Å². The summed E-state index contributed by atoms with van der Waals surface area (Å²) >= 11 is 0. The van der Waals surface area contributed by atoms with E-state index in [1.54, 1.807) is 0 Å². The molecule has 0 fully saturated rings. The van der Waals surface area contributed by atoms with Gasteiger partial charge >= 0.3 is 19.8 Å². The fraction of sp³-hybridized carbons (Fsp3) is 0.960. The number of phosphoric ester groups is 1. The lowest BCUT2D eigenvalue weighted by molar-refractivity contribution is -0.161. The van der Waals surface area contributed by atoms with Crippen LogP contribution in [0.4, 0.5) is 0 Å². The number of hydrogen-bond donors (Lipinski definition) is 3. The number of phosphoric acid groups is 1. The molecule has 11 heteroatoms. The maximum atomic E-state index is 12.7. The Labute approximate surface area is 375 Å². The summed E-state index contributed by atoms with van der Waals surface area (Å²) in [4.78, 5) is 35.2. The quantitative estimate of drug-likeness (QED) is 0.0306. The molecule has 0 aliphatic heterocycles. The van der Waals surface area contributed by atoms with E-state index in [1.165, 1.54) is 199 Å². The van der Waals surface area contributed by atoms with Crippen LogP contribution in [0.2, 0.25) is 0 Å². The number of unbranched alkanes of at least 4 members (excludes halogenated alkanes) is 36. The minimum absolute atomic E-state index is 0.193. The molecule has 0 heterocycles. The Kier molecular flexibility index (Phi) is 46.2. The number of hydrogen-bond acceptors (Lipinski definition) is 9. The highest BCUT2D eigenvalue weighted by Gasteiger charge is 2.27. The Morgan fingerprint density at radius 3 is 1.02 bits per heavy atom. The van der Waals surface area contributed by atoms with E-state index in [4.69, 9.17) is 23.6 Å². The lowest BCUT2D eigenvalue weighted by Crippen LogP contribution is -2.29. The molecule has 0 bridgehead atoms. The van der Waals surface area contributed by atoms with E-state index in [0.29, 0.717) is 12.8 Å². The molecule has 3 N–H and O–H groups in total. The van der Waals surface area contributed by atoms with Crippen molar-refractivity contribution in [3.05, 3.63) is 0 Å². The minimum Gasteiger partial charge on any atom is -0.462 e. The van der Waals surface area contributed by atoms with E-state index >= 15 is 0 Å². The van der Waals surface area contributed by atoms with Crippen LogP contribution in [0.15, 0.2) is 0 Å². The van der Waals surface area contributed by atoms with Crippen molar-refractivity contribution >= 4 is 19.8 Å². The Morgan fingerprint density at radius 1 is 0.426 bits per heavy atom. The van der Waals surface area contributed by atoms with Gasteiger partial charge in [0.25, 0.3) is 0 Å². The van der Waals surface area contributed by atoms with Crippen LogP contribution < -0.4 is 0 Å². The molecule has 0 radical (unpaired) electrons.